The molecule has 228 valence electrons. The fraction of sp³-hybridized carbons (Fsp3) is 0.111. The molecular formula is C27H12Cl4F9O2P. The number of fused-ring (bicyclic) bond motifs is 1. The zero-order valence-electron chi connectivity index (χ0n) is 20.6. The van der Waals surface area contributed by atoms with Crippen molar-refractivity contribution in [3.63, 3.8) is 0 Å². The Bertz CT molecular complexity index is 1540. The van der Waals surface area contributed by atoms with Gasteiger partial charge in [-0.05, 0) is 0 Å². The second-order valence-electron chi connectivity index (χ2n) is 9.19. The first-order valence-electron chi connectivity index (χ1n) is 11.6. The Morgan fingerprint density at radius 2 is 0.628 bits per heavy atom. The average molecular weight is 712 g/mol. The van der Waals surface area contributed by atoms with Crippen LogP contribution in [-0.4, -0.2) is 0 Å². The molecule has 0 aromatic heterocycles. The van der Waals surface area contributed by atoms with Gasteiger partial charge in [0.1, 0.15) is 0 Å². The first-order valence-corrected chi connectivity index (χ1v) is 15.2. The summed E-state index contributed by atoms with van der Waals surface area (Å²) in [6.45, 7) is 0. The molecular weight excluding hydrogens is 700 g/mol. The Labute approximate surface area is 256 Å². The predicted molar refractivity (Wildman–Crippen MR) is 148 cm³/mol. The van der Waals surface area contributed by atoms with Crippen LogP contribution in [0.2, 0.25) is 20.1 Å². The molecule has 0 N–H and O–H groups in total. The van der Waals surface area contributed by atoms with E-state index in [9.17, 15) is 39.5 Å². The Hall–Kier alpha value is -2.56. The second kappa shape index (κ2) is 10.2. The summed E-state index contributed by atoms with van der Waals surface area (Å²) in [6.07, 6.45) is -14.4. The zero-order valence-corrected chi connectivity index (χ0v) is 24.5. The summed E-state index contributed by atoms with van der Waals surface area (Å²) in [7, 11) is -5.39. The third-order valence-electron chi connectivity index (χ3n) is 6.70. The molecule has 5 rings (SSSR count). The van der Waals surface area contributed by atoms with E-state index in [4.69, 9.17) is 55.5 Å². The van der Waals surface area contributed by atoms with Crippen LogP contribution in [0.5, 0.6) is 11.5 Å². The standard InChI is InChI=1S/C27H12Cl4F9O2P/c28-19-20(29)22(31)24-23(21(19)30)41-43(42-24,16-7-1-13(2-8-16)25(32,33)34,17-9-3-14(4-10-17)26(35,36)37)18-11-5-15(6-12-18)27(38,39)40/h1-12H. The van der Waals surface area contributed by atoms with E-state index in [0.717, 1.165) is 36.4 Å². The quantitative estimate of drug-likeness (QED) is 0.0912. The third-order valence-corrected chi connectivity index (χ3v) is 13.2. The minimum atomic E-state index is -5.39. The zero-order chi connectivity index (χ0) is 31.8. The average Bonchev–Trinajstić information content (AvgIpc) is 3.33. The number of benzene rings is 4. The van der Waals surface area contributed by atoms with Gasteiger partial charge < -0.3 is 0 Å². The second-order valence-corrected chi connectivity index (χ2v) is 14.5. The monoisotopic (exact) mass is 710 g/mol. The van der Waals surface area contributed by atoms with Crippen LogP contribution in [0.25, 0.3) is 0 Å². The summed E-state index contributed by atoms with van der Waals surface area (Å²) in [5.74, 6) is -0.753. The van der Waals surface area contributed by atoms with Crippen molar-refractivity contribution in [3.05, 3.63) is 110 Å². The van der Waals surface area contributed by atoms with Gasteiger partial charge >= 0.3 is 258 Å². The molecule has 0 bridgehead atoms. The first-order chi connectivity index (χ1) is 19.8. The summed E-state index contributed by atoms with van der Waals surface area (Å²) in [5.41, 5.74) is -3.31. The Morgan fingerprint density at radius 1 is 0.395 bits per heavy atom. The predicted octanol–water partition coefficient (Wildman–Crippen LogP) is 10.5. The molecule has 0 aliphatic carbocycles. The molecule has 0 amide bonds. The molecule has 0 fully saturated rings. The van der Waals surface area contributed by atoms with Gasteiger partial charge in [0.15, 0.2) is 0 Å². The molecule has 4 aromatic rings. The van der Waals surface area contributed by atoms with Crippen LogP contribution in [0.1, 0.15) is 16.7 Å². The van der Waals surface area contributed by atoms with E-state index < -0.39 is 42.3 Å². The van der Waals surface area contributed by atoms with Crippen molar-refractivity contribution in [2.75, 3.05) is 0 Å². The molecule has 43 heavy (non-hydrogen) atoms. The molecule has 16 heteroatoms. The van der Waals surface area contributed by atoms with Gasteiger partial charge in [0, 0.05) is 0 Å². The number of hydrogen-bond donors (Lipinski definition) is 0. The third kappa shape index (κ3) is 4.97. The minimum absolute atomic E-state index is 0.186. The van der Waals surface area contributed by atoms with Gasteiger partial charge in [-0.25, -0.2) is 0 Å². The maximum absolute atomic E-state index is 13.5. The van der Waals surface area contributed by atoms with Crippen molar-refractivity contribution in [1.29, 1.82) is 0 Å². The van der Waals surface area contributed by atoms with Crippen LogP contribution in [0.3, 0.4) is 0 Å². The summed E-state index contributed by atoms with van der Waals surface area (Å²) in [5, 5.41) is -1.94. The van der Waals surface area contributed by atoms with E-state index in [1.807, 2.05) is 0 Å². The molecule has 0 spiro atoms. The summed E-state index contributed by atoms with van der Waals surface area (Å²) in [4.78, 5) is 0. The van der Waals surface area contributed by atoms with Crippen LogP contribution in [0.4, 0.5) is 39.5 Å². The van der Waals surface area contributed by atoms with Crippen LogP contribution in [0, 0.1) is 0 Å². The van der Waals surface area contributed by atoms with Gasteiger partial charge in [-0.15, -0.1) is 0 Å². The van der Waals surface area contributed by atoms with Crippen LogP contribution in [-0.2, 0) is 18.5 Å². The van der Waals surface area contributed by atoms with Gasteiger partial charge in [-0.1, -0.05) is 0 Å². The van der Waals surface area contributed by atoms with Crippen molar-refractivity contribution in [1.82, 2.24) is 0 Å². The SMILES string of the molecule is FC(F)(F)c1ccc(P2(c3ccc(C(F)(F)F)cc3)(c3ccc(C(F)(F)F)cc3)Oc3c(Cl)c(Cl)c(Cl)c(Cl)c3O2)cc1. The first kappa shape index (κ1) is 31.9. The fourth-order valence-corrected chi connectivity index (χ4v) is 10.3. The van der Waals surface area contributed by atoms with Crippen LogP contribution in [0.15, 0.2) is 72.8 Å². The van der Waals surface area contributed by atoms with Gasteiger partial charge in [0.25, 0.3) is 0 Å². The number of halogens is 13. The molecule has 0 saturated carbocycles. The van der Waals surface area contributed by atoms with Crippen molar-refractivity contribution < 1.29 is 48.6 Å². The van der Waals surface area contributed by atoms with Gasteiger partial charge in [0.05, 0.1) is 0 Å². The van der Waals surface area contributed by atoms with Crippen molar-refractivity contribution in [2.45, 2.75) is 18.5 Å². The molecule has 0 radical (unpaired) electrons. The molecule has 1 aliphatic rings. The van der Waals surface area contributed by atoms with Crippen molar-refractivity contribution in [2.24, 2.45) is 0 Å². The number of hydrogen-bond acceptors (Lipinski definition) is 2. The molecule has 0 atom stereocenters. The Balaban J connectivity index is 1.93. The molecule has 1 heterocycles. The number of rotatable bonds is 3. The Kier molecular flexibility index (Phi) is 7.59. The van der Waals surface area contributed by atoms with Crippen molar-refractivity contribution in [3.8, 4) is 11.5 Å². The summed E-state index contributed by atoms with van der Waals surface area (Å²) in [6, 6.07) is 9.69. The van der Waals surface area contributed by atoms with E-state index in [1.165, 1.54) is 0 Å². The topological polar surface area (TPSA) is 18.5 Å². The maximum atomic E-state index is 13.5. The molecule has 1 aliphatic heterocycles. The molecule has 0 unspecified atom stereocenters. The number of alkyl halides is 9. The van der Waals surface area contributed by atoms with Crippen molar-refractivity contribution >= 4 is 69.4 Å². The summed E-state index contributed by atoms with van der Waals surface area (Å²) >= 11 is 25.3. The van der Waals surface area contributed by atoms with E-state index in [1.54, 1.807) is 0 Å². The van der Waals surface area contributed by atoms with E-state index in [0.29, 0.717) is 36.4 Å². The molecule has 4 aromatic carbocycles. The van der Waals surface area contributed by atoms with Gasteiger partial charge in [-0.2, -0.15) is 0 Å². The van der Waals surface area contributed by atoms with Gasteiger partial charge in [0.2, 0.25) is 0 Å². The van der Waals surface area contributed by atoms with Gasteiger partial charge in [-0.3, -0.25) is 0 Å². The van der Waals surface area contributed by atoms with E-state index in [2.05, 4.69) is 0 Å². The van der Waals surface area contributed by atoms with Crippen LogP contribution >= 0.6 is 53.5 Å². The Morgan fingerprint density at radius 3 is 0.837 bits per heavy atom. The molecule has 0 saturated heterocycles. The van der Waals surface area contributed by atoms with E-state index >= 15 is 0 Å². The fourth-order valence-electron chi connectivity index (χ4n) is 4.65. The summed E-state index contributed by atoms with van der Waals surface area (Å²) < 4.78 is 135. The van der Waals surface area contributed by atoms with E-state index in [-0.39, 0.29) is 47.5 Å². The van der Waals surface area contributed by atoms with Crippen LogP contribution < -0.4 is 25.0 Å². The normalized spacial score (nSPS) is 16.9. The molecule has 2 nitrogen and oxygen atoms in total.